The van der Waals surface area contributed by atoms with E-state index in [0.717, 1.165) is 37.9 Å². The van der Waals surface area contributed by atoms with E-state index in [9.17, 15) is 0 Å². The topological polar surface area (TPSA) is 67.4 Å². The van der Waals surface area contributed by atoms with Crippen LogP contribution in [0.2, 0.25) is 0 Å². The Morgan fingerprint density at radius 3 is 2.87 bits per heavy atom. The number of guanidine groups is 1. The minimum Gasteiger partial charge on any atom is -0.493 e. The molecule has 7 nitrogen and oxygen atoms in total. The predicted molar refractivity (Wildman–Crippen MR) is 128 cm³/mol. The Morgan fingerprint density at radius 1 is 1.32 bits per heavy atom. The van der Waals surface area contributed by atoms with Crippen molar-refractivity contribution < 1.29 is 14.2 Å². The van der Waals surface area contributed by atoms with Gasteiger partial charge in [0.05, 0.1) is 39.0 Å². The molecule has 0 amide bonds. The van der Waals surface area contributed by atoms with Gasteiger partial charge in [-0.05, 0) is 44.4 Å². The van der Waals surface area contributed by atoms with E-state index >= 15 is 0 Å². The van der Waals surface area contributed by atoms with Crippen molar-refractivity contribution in [2.75, 3.05) is 51.8 Å². The van der Waals surface area contributed by atoms with Gasteiger partial charge in [0.1, 0.15) is 0 Å². The standard InChI is InChI=1S/C23H34N4O3S/c1-5-24-23(26-18-9-10-20(28-4)21(14-18)29-6-2)25-15-19(22-8-7-13-31-22)27-11-12-30-17(3)16-27/h7-10,13-14,17,19H,5-6,11-12,15-16H2,1-4H3,(H2,24,25,26). The normalized spacial score (nSPS) is 18.5. The monoisotopic (exact) mass is 446 g/mol. The third kappa shape index (κ3) is 6.59. The van der Waals surface area contributed by atoms with Crippen LogP contribution in [0.4, 0.5) is 5.69 Å². The first kappa shape index (κ1) is 23.4. The van der Waals surface area contributed by atoms with Crippen molar-refractivity contribution in [1.29, 1.82) is 0 Å². The zero-order chi connectivity index (χ0) is 22.1. The number of benzene rings is 1. The van der Waals surface area contributed by atoms with Gasteiger partial charge in [0, 0.05) is 36.3 Å². The van der Waals surface area contributed by atoms with Crippen LogP contribution in [-0.4, -0.2) is 63.5 Å². The quantitative estimate of drug-likeness (QED) is 0.448. The summed E-state index contributed by atoms with van der Waals surface area (Å²) in [5, 5.41) is 8.89. The zero-order valence-electron chi connectivity index (χ0n) is 18.9. The Hall–Kier alpha value is -2.29. The highest BCUT2D eigenvalue weighted by Crippen LogP contribution is 2.30. The number of nitrogens with one attached hydrogen (secondary N) is 2. The summed E-state index contributed by atoms with van der Waals surface area (Å²) in [6, 6.07) is 10.3. The predicted octanol–water partition coefficient (Wildman–Crippen LogP) is 3.99. The Labute approximate surface area is 189 Å². The molecule has 31 heavy (non-hydrogen) atoms. The molecule has 2 aromatic rings. The lowest BCUT2D eigenvalue weighted by Crippen LogP contribution is -2.44. The molecule has 8 heteroatoms. The SMILES string of the molecule is CCNC(=NCC(c1cccs1)N1CCOC(C)C1)Nc1ccc(OC)c(OCC)c1. The van der Waals surface area contributed by atoms with Gasteiger partial charge in [-0.3, -0.25) is 9.89 Å². The summed E-state index contributed by atoms with van der Waals surface area (Å²) in [7, 11) is 1.65. The molecular formula is C23H34N4O3S. The molecule has 0 bridgehead atoms. The molecule has 2 N–H and O–H groups in total. The number of hydrogen-bond acceptors (Lipinski definition) is 6. The highest BCUT2D eigenvalue weighted by molar-refractivity contribution is 7.10. The molecule has 0 aliphatic carbocycles. The first-order valence-electron chi connectivity index (χ1n) is 10.9. The highest BCUT2D eigenvalue weighted by atomic mass is 32.1. The smallest absolute Gasteiger partial charge is 0.195 e. The molecule has 0 saturated carbocycles. The van der Waals surface area contributed by atoms with Crippen LogP contribution < -0.4 is 20.1 Å². The van der Waals surface area contributed by atoms with Gasteiger partial charge in [-0.1, -0.05) is 6.07 Å². The van der Waals surface area contributed by atoms with Gasteiger partial charge in [-0.25, -0.2) is 0 Å². The van der Waals surface area contributed by atoms with Crippen molar-refractivity contribution in [1.82, 2.24) is 10.2 Å². The number of morpholine rings is 1. The second kappa shape index (κ2) is 11.9. The highest BCUT2D eigenvalue weighted by Gasteiger charge is 2.26. The number of nitrogens with zero attached hydrogens (tertiary/aromatic N) is 2. The molecule has 3 rings (SSSR count). The number of thiophene rings is 1. The second-order valence-electron chi connectivity index (χ2n) is 7.35. The lowest BCUT2D eigenvalue weighted by molar-refractivity contribution is -0.0327. The molecule has 2 unspecified atom stereocenters. The third-order valence-corrected chi connectivity index (χ3v) is 6.05. The summed E-state index contributed by atoms with van der Waals surface area (Å²) < 4.78 is 16.8. The minimum atomic E-state index is 0.233. The van der Waals surface area contributed by atoms with E-state index in [4.69, 9.17) is 19.2 Å². The fraction of sp³-hybridized carbons (Fsp3) is 0.522. The number of anilines is 1. The van der Waals surface area contributed by atoms with E-state index in [0.29, 0.717) is 24.7 Å². The maximum atomic E-state index is 5.75. The van der Waals surface area contributed by atoms with Crippen LogP contribution in [0.5, 0.6) is 11.5 Å². The fourth-order valence-corrected chi connectivity index (χ4v) is 4.49. The van der Waals surface area contributed by atoms with Crippen molar-refractivity contribution >= 4 is 23.0 Å². The Balaban J connectivity index is 1.77. The number of rotatable bonds is 9. The first-order valence-corrected chi connectivity index (χ1v) is 11.8. The summed E-state index contributed by atoms with van der Waals surface area (Å²) in [4.78, 5) is 8.74. The van der Waals surface area contributed by atoms with Gasteiger partial charge in [-0.2, -0.15) is 0 Å². The summed E-state index contributed by atoms with van der Waals surface area (Å²) in [6.07, 6.45) is 0.239. The average molecular weight is 447 g/mol. The maximum Gasteiger partial charge on any atom is 0.195 e. The van der Waals surface area contributed by atoms with Crippen LogP contribution in [0.15, 0.2) is 40.7 Å². The van der Waals surface area contributed by atoms with E-state index in [1.807, 2.05) is 25.1 Å². The van der Waals surface area contributed by atoms with E-state index in [1.165, 1.54) is 4.88 Å². The number of hydrogen-bond donors (Lipinski definition) is 2. The molecule has 1 aromatic carbocycles. The molecule has 1 aliphatic heterocycles. The van der Waals surface area contributed by atoms with Gasteiger partial charge in [0.2, 0.25) is 0 Å². The molecule has 2 heterocycles. The molecular weight excluding hydrogens is 412 g/mol. The van der Waals surface area contributed by atoms with Crippen molar-refractivity contribution in [3.8, 4) is 11.5 Å². The summed E-state index contributed by atoms with van der Waals surface area (Å²) in [5.41, 5.74) is 0.900. The molecule has 1 fully saturated rings. The molecule has 2 atom stereocenters. The Kier molecular flexibility index (Phi) is 8.99. The molecule has 1 saturated heterocycles. The van der Waals surface area contributed by atoms with Gasteiger partial charge in [0.25, 0.3) is 0 Å². The third-order valence-electron chi connectivity index (χ3n) is 5.08. The molecule has 0 spiro atoms. The van der Waals surface area contributed by atoms with Crippen molar-refractivity contribution in [3.05, 3.63) is 40.6 Å². The van der Waals surface area contributed by atoms with Crippen molar-refractivity contribution in [3.63, 3.8) is 0 Å². The van der Waals surface area contributed by atoms with E-state index in [-0.39, 0.29) is 12.1 Å². The Morgan fingerprint density at radius 2 is 2.19 bits per heavy atom. The zero-order valence-corrected chi connectivity index (χ0v) is 19.7. The van der Waals surface area contributed by atoms with Gasteiger partial charge >= 0.3 is 0 Å². The molecule has 1 aliphatic rings. The first-order chi connectivity index (χ1) is 15.1. The largest absolute Gasteiger partial charge is 0.493 e. The number of ether oxygens (including phenoxy) is 3. The second-order valence-corrected chi connectivity index (χ2v) is 8.33. The number of aliphatic imine (C=N–C) groups is 1. The van der Waals surface area contributed by atoms with E-state index in [1.54, 1.807) is 18.4 Å². The van der Waals surface area contributed by atoms with Crippen LogP contribution in [0.25, 0.3) is 0 Å². The minimum absolute atomic E-state index is 0.233. The van der Waals surface area contributed by atoms with Gasteiger partial charge in [0.15, 0.2) is 17.5 Å². The van der Waals surface area contributed by atoms with Crippen LogP contribution in [0, 0.1) is 0 Å². The maximum absolute atomic E-state index is 5.75. The van der Waals surface area contributed by atoms with Crippen LogP contribution in [0.3, 0.4) is 0 Å². The van der Waals surface area contributed by atoms with Crippen LogP contribution in [0.1, 0.15) is 31.7 Å². The van der Waals surface area contributed by atoms with E-state index in [2.05, 4.69) is 46.9 Å². The molecule has 0 radical (unpaired) electrons. The average Bonchev–Trinajstić information content (AvgIpc) is 3.29. The summed E-state index contributed by atoms with van der Waals surface area (Å²) >= 11 is 1.78. The number of methoxy groups -OCH3 is 1. The fourth-order valence-electron chi connectivity index (χ4n) is 3.64. The molecule has 170 valence electrons. The Bertz CT molecular complexity index is 828. The van der Waals surface area contributed by atoms with Crippen LogP contribution >= 0.6 is 11.3 Å². The van der Waals surface area contributed by atoms with Gasteiger partial charge in [-0.15, -0.1) is 11.3 Å². The van der Waals surface area contributed by atoms with Crippen molar-refractivity contribution in [2.24, 2.45) is 4.99 Å². The van der Waals surface area contributed by atoms with Crippen LogP contribution in [-0.2, 0) is 4.74 Å². The molecule has 1 aromatic heterocycles. The summed E-state index contributed by atoms with van der Waals surface area (Å²) in [5.74, 6) is 2.18. The van der Waals surface area contributed by atoms with Gasteiger partial charge < -0.3 is 24.8 Å². The lowest BCUT2D eigenvalue weighted by atomic mass is 10.1. The van der Waals surface area contributed by atoms with Crippen molar-refractivity contribution in [2.45, 2.75) is 32.9 Å². The lowest BCUT2D eigenvalue weighted by Gasteiger charge is -2.36. The van der Waals surface area contributed by atoms with E-state index < -0.39 is 0 Å². The summed E-state index contributed by atoms with van der Waals surface area (Å²) in [6.45, 7) is 10.8.